The molecule has 0 N–H and O–H groups in total. The highest BCUT2D eigenvalue weighted by molar-refractivity contribution is 5.66. The van der Waals surface area contributed by atoms with Crippen LogP contribution in [-0.2, 0) is 15.7 Å². The minimum atomic E-state index is -4.40. The van der Waals surface area contributed by atoms with Gasteiger partial charge in [-0.3, -0.25) is 4.79 Å². The number of alkyl halides is 3. The van der Waals surface area contributed by atoms with E-state index < -0.39 is 23.8 Å². The molecule has 0 aliphatic rings. The largest absolute Gasteiger partial charge is 0.444 e. The van der Waals surface area contributed by atoms with E-state index in [4.69, 9.17) is 11.2 Å². The summed E-state index contributed by atoms with van der Waals surface area (Å²) in [5.74, 6) is 1.59. The molecule has 0 saturated carbocycles. The van der Waals surface area contributed by atoms with Crippen molar-refractivity contribution in [2.45, 2.75) is 19.2 Å². The predicted molar refractivity (Wildman–Crippen MR) is 54.8 cm³/mol. The zero-order valence-electron chi connectivity index (χ0n) is 8.91. The molecule has 0 radical (unpaired) electrons. The first-order valence-corrected chi connectivity index (χ1v) is 4.65. The van der Waals surface area contributed by atoms with Gasteiger partial charge in [-0.25, -0.2) is 0 Å². The van der Waals surface area contributed by atoms with Crippen LogP contribution in [0.4, 0.5) is 13.2 Å². The third kappa shape index (κ3) is 3.52. The molecule has 0 aliphatic carbocycles. The van der Waals surface area contributed by atoms with Crippen molar-refractivity contribution in [3.05, 3.63) is 35.4 Å². The zero-order valence-corrected chi connectivity index (χ0v) is 8.91. The van der Waals surface area contributed by atoms with Crippen molar-refractivity contribution in [1.29, 1.82) is 0 Å². The van der Waals surface area contributed by atoms with Gasteiger partial charge in [-0.1, -0.05) is 18.1 Å². The predicted octanol–water partition coefficient (Wildman–Crippen LogP) is 2.94. The number of carbonyl (C=O) groups excluding carboxylic acids is 1. The summed E-state index contributed by atoms with van der Waals surface area (Å²) in [6.07, 6.45) is -0.233. The van der Waals surface area contributed by atoms with Crippen LogP contribution in [0.5, 0.6) is 0 Å². The zero-order chi connectivity index (χ0) is 13.1. The van der Waals surface area contributed by atoms with E-state index in [1.165, 1.54) is 19.1 Å². The maximum absolute atomic E-state index is 12.3. The van der Waals surface area contributed by atoms with Crippen molar-refractivity contribution in [2.75, 3.05) is 0 Å². The molecule has 5 heteroatoms. The van der Waals surface area contributed by atoms with Gasteiger partial charge in [0, 0.05) is 12.5 Å². The highest BCUT2D eigenvalue weighted by Crippen LogP contribution is 2.30. The molecule has 0 fully saturated rings. The third-order valence-electron chi connectivity index (χ3n) is 1.98. The topological polar surface area (TPSA) is 26.3 Å². The lowest BCUT2D eigenvalue weighted by Crippen LogP contribution is -2.08. The van der Waals surface area contributed by atoms with Gasteiger partial charge in [0.15, 0.2) is 6.10 Å². The monoisotopic (exact) mass is 242 g/mol. The Bertz CT molecular complexity index is 440. The standard InChI is InChI=1S/C12H9F3O2/c1-3-11(17-8(2)16)9-4-6-10(7-5-9)12(13,14)15/h1,4-7,11H,2H3/t11-/m0/s1. The molecule has 0 bridgehead atoms. The van der Waals surface area contributed by atoms with Crippen LogP contribution in [0.1, 0.15) is 24.2 Å². The van der Waals surface area contributed by atoms with Gasteiger partial charge in [0.2, 0.25) is 0 Å². The summed E-state index contributed by atoms with van der Waals surface area (Å²) in [7, 11) is 0. The molecular formula is C12H9F3O2. The van der Waals surface area contributed by atoms with Crippen molar-refractivity contribution in [1.82, 2.24) is 0 Å². The Hall–Kier alpha value is -1.96. The number of hydrogen-bond donors (Lipinski definition) is 0. The van der Waals surface area contributed by atoms with Crippen molar-refractivity contribution < 1.29 is 22.7 Å². The van der Waals surface area contributed by atoms with Crippen LogP contribution in [0.15, 0.2) is 24.3 Å². The fourth-order valence-electron chi connectivity index (χ4n) is 1.21. The minimum Gasteiger partial charge on any atom is -0.444 e. The van der Waals surface area contributed by atoms with E-state index in [-0.39, 0.29) is 0 Å². The number of hydrogen-bond acceptors (Lipinski definition) is 2. The SMILES string of the molecule is C#C[C@H](OC(C)=O)c1ccc(C(F)(F)F)cc1. The Morgan fingerprint density at radius 2 is 1.88 bits per heavy atom. The lowest BCUT2D eigenvalue weighted by Gasteiger charge is -2.12. The molecule has 90 valence electrons. The number of esters is 1. The van der Waals surface area contributed by atoms with Crippen LogP contribution >= 0.6 is 0 Å². The maximum atomic E-state index is 12.3. The lowest BCUT2D eigenvalue weighted by atomic mass is 10.1. The van der Waals surface area contributed by atoms with Gasteiger partial charge in [-0.05, 0) is 12.1 Å². The summed E-state index contributed by atoms with van der Waals surface area (Å²) >= 11 is 0. The number of terminal acetylenes is 1. The van der Waals surface area contributed by atoms with Crippen molar-refractivity contribution in [3.63, 3.8) is 0 Å². The van der Waals surface area contributed by atoms with Gasteiger partial charge in [0.05, 0.1) is 5.56 Å². The Morgan fingerprint density at radius 3 is 2.24 bits per heavy atom. The Morgan fingerprint density at radius 1 is 1.35 bits per heavy atom. The van der Waals surface area contributed by atoms with E-state index in [0.717, 1.165) is 12.1 Å². The lowest BCUT2D eigenvalue weighted by molar-refractivity contribution is -0.144. The Balaban J connectivity index is 2.94. The molecular weight excluding hydrogens is 233 g/mol. The highest BCUT2D eigenvalue weighted by Gasteiger charge is 2.30. The van der Waals surface area contributed by atoms with Crippen molar-refractivity contribution in [2.24, 2.45) is 0 Å². The van der Waals surface area contributed by atoms with Crippen LogP contribution in [0.25, 0.3) is 0 Å². The van der Waals surface area contributed by atoms with Crippen LogP contribution < -0.4 is 0 Å². The summed E-state index contributed by atoms with van der Waals surface area (Å²) in [6, 6.07) is 4.17. The molecule has 0 aliphatic heterocycles. The first-order chi connectivity index (χ1) is 7.84. The first-order valence-electron chi connectivity index (χ1n) is 4.65. The second kappa shape index (κ2) is 4.91. The van der Waals surface area contributed by atoms with E-state index >= 15 is 0 Å². The molecule has 0 amide bonds. The molecule has 0 saturated heterocycles. The van der Waals surface area contributed by atoms with E-state index in [1.807, 2.05) is 0 Å². The van der Waals surface area contributed by atoms with Gasteiger partial charge in [-0.2, -0.15) is 13.2 Å². The number of ether oxygens (including phenoxy) is 1. The van der Waals surface area contributed by atoms with E-state index in [0.29, 0.717) is 5.56 Å². The smallest absolute Gasteiger partial charge is 0.416 e. The second-order valence-corrected chi connectivity index (χ2v) is 3.28. The van der Waals surface area contributed by atoms with Crippen LogP contribution in [0.3, 0.4) is 0 Å². The quantitative estimate of drug-likeness (QED) is 0.588. The molecule has 17 heavy (non-hydrogen) atoms. The van der Waals surface area contributed by atoms with E-state index in [9.17, 15) is 18.0 Å². The van der Waals surface area contributed by atoms with Gasteiger partial charge < -0.3 is 4.74 Å². The Kier molecular flexibility index (Phi) is 3.79. The molecule has 0 aromatic heterocycles. The maximum Gasteiger partial charge on any atom is 0.416 e. The number of carbonyl (C=O) groups is 1. The fourth-order valence-corrected chi connectivity index (χ4v) is 1.21. The number of rotatable bonds is 2. The highest BCUT2D eigenvalue weighted by atomic mass is 19.4. The summed E-state index contributed by atoms with van der Waals surface area (Å²) < 4.78 is 41.6. The molecule has 1 aromatic rings. The van der Waals surface area contributed by atoms with Crippen LogP contribution in [-0.4, -0.2) is 5.97 Å². The molecule has 0 unspecified atom stereocenters. The number of benzene rings is 1. The third-order valence-corrected chi connectivity index (χ3v) is 1.98. The fraction of sp³-hybridized carbons (Fsp3) is 0.250. The average molecular weight is 242 g/mol. The van der Waals surface area contributed by atoms with Crippen molar-refractivity contribution >= 4 is 5.97 Å². The van der Waals surface area contributed by atoms with Gasteiger partial charge in [0.1, 0.15) is 0 Å². The second-order valence-electron chi connectivity index (χ2n) is 3.28. The summed E-state index contributed by atoms with van der Waals surface area (Å²) in [6.45, 7) is 1.18. The first kappa shape index (κ1) is 13.1. The molecule has 1 aromatic carbocycles. The summed E-state index contributed by atoms with van der Waals surface area (Å²) in [4.78, 5) is 10.7. The van der Waals surface area contributed by atoms with E-state index in [1.54, 1.807) is 0 Å². The van der Waals surface area contributed by atoms with Gasteiger partial charge in [-0.15, -0.1) is 6.42 Å². The van der Waals surface area contributed by atoms with Gasteiger partial charge >= 0.3 is 12.1 Å². The molecule has 0 spiro atoms. The van der Waals surface area contributed by atoms with Crippen molar-refractivity contribution in [3.8, 4) is 12.3 Å². The minimum absolute atomic E-state index is 0.329. The van der Waals surface area contributed by atoms with Gasteiger partial charge in [0.25, 0.3) is 0 Å². The Labute approximate surface area is 96.4 Å². The molecule has 1 atom stereocenters. The summed E-state index contributed by atoms with van der Waals surface area (Å²) in [5.41, 5.74) is -0.449. The molecule has 0 heterocycles. The average Bonchev–Trinajstić information content (AvgIpc) is 2.24. The number of halogens is 3. The molecule has 1 rings (SSSR count). The summed E-state index contributed by atoms with van der Waals surface area (Å²) in [5, 5.41) is 0. The van der Waals surface area contributed by atoms with Crippen LogP contribution in [0.2, 0.25) is 0 Å². The van der Waals surface area contributed by atoms with Crippen LogP contribution in [0, 0.1) is 12.3 Å². The van der Waals surface area contributed by atoms with E-state index in [2.05, 4.69) is 5.92 Å². The normalized spacial score (nSPS) is 12.6. The molecule has 2 nitrogen and oxygen atoms in total.